The number of carbonyl (C=O) groups excluding carboxylic acids is 4. The summed E-state index contributed by atoms with van der Waals surface area (Å²) in [6, 6.07) is 22.7. The molecule has 3 aromatic carbocycles. The smallest absolute Gasteiger partial charge is 0.307 e. The van der Waals surface area contributed by atoms with E-state index in [-0.39, 0.29) is 18.1 Å². The summed E-state index contributed by atoms with van der Waals surface area (Å²) < 4.78 is 5.07. The molecular formula is C25H20N2O5S. The van der Waals surface area contributed by atoms with Crippen molar-refractivity contribution in [2.45, 2.75) is 16.6 Å². The van der Waals surface area contributed by atoms with Crippen LogP contribution in [0.25, 0.3) is 0 Å². The summed E-state index contributed by atoms with van der Waals surface area (Å²) >= 11 is 1.28. The molecule has 166 valence electrons. The van der Waals surface area contributed by atoms with Gasteiger partial charge < -0.3 is 15.4 Å². The Kier molecular flexibility index (Phi) is 6.85. The zero-order valence-corrected chi connectivity index (χ0v) is 18.3. The van der Waals surface area contributed by atoms with Crippen molar-refractivity contribution in [3.05, 3.63) is 90.0 Å². The largest absolute Gasteiger partial charge is 0.456 e. The van der Waals surface area contributed by atoms with Crippen LogP contribution in [0.5, 0.6) is 0 Å². The van der Waals surface area contributed by atoms with E-state index in [2.05, 4.69) is 10.6 Å². The molecule has 0 radical (unpaired) electrons. The lowest BCUT2D eigenvalue weighted by Gasteiger charge is -2.23. The monoisotopic (exact) mass is 460 g/mol. The summed E-state index contributed by atoms with van der Waals surface area (Å²) in [4.78, 5) is 50.5. The Bertz CT molecular complexity index is 1210. The van der Waals surface area contributed by atoms with Crippen LogP contribution in [0.2, 0.25) is 0 Å². The van der Waals surface area contributed by atoms with Gasteiger partial charge in [-0.15, -0.1) is 11.8 Å². The molecule has 0 aliphatic carbocycles. The van der Waals surface area contributed by atoms with E-state index < -0.39 is 23.7 Å². The fraction of sp³-hybridized carbons (Fsp3) is 0.120. The van der Waals surface area contributed by atoms with Gasteiger partial charge in [-0.05, 0) is 24.3 Å². The molecule has 4 rings (SSSR count). The Labute approximate surface area is 194 Å². The zero-order valence-electron chi connectivity index (χ0n) is 17.4. The predicted molar refractivity (Wildman–Crippen MR) is 125 cm³/mol. The number of amides is 2. The van der Waals surface area contributed by atoms with Crippen molar-refractivity contribution in [2.24, 2.45) is 0 Å². The Morgan fingerprint density at radius 3 is 2.42 bits per heavy atom. The molecule has 8 heteroatoms. The number of benzene rings is 3. The van der Waals surface area contributed by atoms with E-state index in [1.54, 1.807) is 54.6 Å². The van der Waals surface area contributed by atoms with Crippen molar-refractivity contribution in [3.8, 4) is 0 Å². The van der Waals surface area contributed by atoms with E-state index in [4.69, 9.17) is 4.74 Å². The van der Waals surface area contributed by atoms with Crippen LogP contribution in [-0.2, 0) is 19.1 Å². The molecule has 0 saturated carbocycles. The second-order valence-corrected chi connectivity index (χ2v) is 8.49. The third kappa shape index (κ3) is 5.48. The van der Waals surface area contributed by atoms with Crippen molar-refractivity contribution >= 4 is 46.7 Å². The minimum absolute atomic E-state index is 0.165. The van der Waals surface area contributed by atoms with Gasteiger partial charge in [-0.1, -0.05) is 54.6 Å². The normalized spacial score (nSPS) is 14.5. The molecule has 2 N–H and O–H groups in total. The van der Waals surface area contributed by atoms with Crippen molar-refractivity contribution in [1.29, 1.82) is 0 Å². The van der Waals surface area contributed by atoms with Crippen molar-refractivity contribution in [3.63, 3.8) is 0 Å². The summed E-state index contributed by atoms with van der Waals surface area (Å²) in [5.41, 5.74) is 1.86. The standard InChI is InChI=1S/C25H20N2O5S/c28-22(26-18-11-5-4-10-17(18)24(30)16-8-2-1-3-9-16)15-32-23(29)14-21-25(31)27-19-12-6-7-13-20(19)33-21/h1-13,21H,14-15H2,(H,26,28)(H,27,31). The molecule has 1 heterocycles. The molecule has 1 atom stereocenters. The second-order valence-electron chi connectivity index (χ2n) is 7.25. The second kappa shape index (κ2) is 10.1. The molecule has 0 saturated heterocycles. The Morgan fingerprint density at radius 1 is 0.909 bits per heavy atom. The van der Waals surface area contributed by atoms with E-state index in [1.807, 2.05) is 24.3 Å². The van der Waals surface area contributed by atoms with E-state index in [1.165, 1.54) is 11.8 Å². The number of rotatable bonds is 7. The van der Waals surface area contributed by atoms with E-state index in [0.717, 1.165) is 4.90 Å². The number of fused-ring (bicyclic) bond motifs is 1. The highest BCUT2D eigenvalue weighted by atomic mass is 32.2. The van der Waals surface area contributed by atoms with Gasteiger partial charge in [-0.3, -0.25) is 19.2 Å². The molecule has 3 aromatic rings. The van der Waals surface area contributed by atoms with Crippen LogP contribution in [0, 0.1) is 0 Å². The maximum atomic E-state index is 12.8. The molecule has 1 unspecified atom stereocenters. The molecule has 0 spiro atoms. The number of hydrogen-bond donors (Lipinski definition) is 2. The number of para-hydroxylation sites is 2. The molecule has 2 amide bonds. The Hall–Kier alpha value is -3.91. The van der Waals surface area contributed by atoms with E-state index >= 15 is 0 Å². The highest BCUT2D eigenvalue weighted by Gasteiger charge is 2.29. The number of hydrogen-bond acceptors (Lipinski definition) is 6. The molecule has 33 heavy (non-hydrogen) atoms. The van der Waals surface area contributed by atoms with Gasteiger partial charge in [-0.2, -0.15) is 0 Å². The minimum Gasteiger partial charge on any atom is -0.456 e. The maximum Gasteiger partial charge on any atom is 0.307 e. The van der Waals surface area contributed by atoms with E-state index in [0.29, 0.717) is 22.5 Å². The predicted octanol–water partition coefficient (Wildman–Crippen LogP) is 3.90. The highest BCUT2D eigenvalue weighted by molar-refractivity contribution is 8.01. The zero-order chi connectivity index (χ0) is 23.2. The fourth-order valence-electron chi connectivity index (χ4n) is 3.30. The van der Waals surface area contributed by atoms with Gasteiger partial charge in [0.25, 0.3) is 5.91 Å². The number of anilines is 2. The first kappa shape index (κ1) is 22.3. The number of thioether (sulfide) groups is 1. The summed E-state index contributed by atoms with van der Waals surface area (Å²) in [6.45, 7) is -0.526. The fourth-order valence-corrected chi connectivity index (χ4v) is 4.40. The molecule has 0 bridgehead atoms. The number of esters is 1. The molecule has 1 aliphatic heterocycles. The lowest BCUT2D eigenvalue weighted by atomic mass is 10.0. The Morgan fingerprint density at radius 2 is 1.61 bits per heavy atom. The van der Waals surface area contributed by atoms with Gasteiger partial charge in [0.2, 0.25) is 5.91 Å². The van der Waals surface area contributed by atoms with Crippen LogP contribution in [0.15, 0.2) is 83.8 Å². The molecule has 0 fully saturated rings. The number of ketones is 1. The van der Waals surface area contributed by atoms with Gasteiger partial charge in [0.15, 0.2) is 12.4 Å². The van der Waals surface area contributed by atoms with Crippen LogP contribution < -0.4 is 10.6 Å². The third-order valence-electron chi connectivity index (χ3n) is 4.90. The van der Waals surface area contributed by atoms with Crippen molar-refractivity contribution in [2.75, 3.05) is 17.2 Å². The first-order chi connectivity index (χ1) is 16.0. The maximum absolute atomic E-state index is 12.8. The molecule has 0 aromatic heterocycles. The van der Waals surface area contributed by atoms with Crippen molar-refractivity contribution in [1.82, 2.24) is 0 Å². The molecular weight excluding hydrogens is 440 g/mol. The lowest BCUT2D eigenvalue weighted by molar-refractivity contribution is -0.147. The topological polar surface area (TPSA) is 102 Å². The summed E-state index contributed by atoms with van der Waals surface area (Å²) in [5, 5.41) is 4.75. The van der Waals surface area contributed by atoms with Gasteiger partial charge in [-0.25, -0.2) is 0 Å². The van der Waals surface area contributed by atoms with Crippen LogP contribution in [0.1, 0.15) is 22.3 Å². The highest BCUT2D eigenvalue weighted by Crippen LogP contribution is 2.36. The van der Waals surface area contributed by atoms with Gasteiger partial charge in [0, 0.05) is 16.0 Å². The summed E-state index contributed by atoms with van der Waals surface area (Å²) in [6.07, 6.45) is -0.165. The average Bonchev–Trinajstić information content (AvgIpc) is 2.84. The third-order valence-corrected chi connectivity index (χ3v) is 6.18. The van der Waals surface area contributed by atoms with Crippen LogP contribution in [-0.4, -0.2) is 35.4 Å². The van der Waals surface area contributed by atoms with E-state index in [9.17, 15) is 19.2 Å². The van der Waals surface area contributed by atoms with Gasteiger partial charge >= 0.3 is 5.97 Å². The quantitative estimate of drug-likeness (QED) is 0.410. The Balaban J connectivity index is 1.33. The summed E-state index contributed by atoms with van der Waals surface area (Å²) in [7, 11) is 0. The number of nitrogens with one attached hydrogen (secondary N) is 2. The first-order valence-corrected chi connectivity index (χ1v) is 11.1. The summed E-state index contributed by atoms with van der Waals surface area (Å²) in [5.74, 6) is -1.76. The van der Waals surface area contributed by atoms with Gasteiger partial charge in [0.1, 0.15) is 0 Å². The van der Waals surface area contributed by atoms with Gasteiger partial charge in [0.05, 0.1) is 23.0 Å². The van der Waals surface area contributed by atoms with Crippen LogP contribution in [0.4, 0.5) is 11.4 Å². The van der Waals surface area contributed by atoms with Crippen molar-refractivity contribution < 1.29 is 23.9 Å². The number of carbonyl (C=O) groups is 4. The number of ether oxygens (including phenoxy) is 1. The first-order valence-electron chi connectivity index (χ1n) is 10.2. The SMILES string of the molecule is O=C(COC(=O)CC1Sc2ccccc2NC1=O)Nc1ccccc1C(=O)c1ccccc1. The molecule has 7 nitrogen and oxygen atoms in total. The average molecular weight is 461 g/mol. The van der Waals surface area contributed by atoms with Crippen LogP contribution in [0.3, 0.4) is 0 Å². The molecule has 1 aliphatic rings. The minimum atomic E-state index is -0.661. The van der Waals surface area contributed by atoms with Crippen LogP contribution >= 0.6 is 11.8 Å². The lowest BCUT2D eigenvalue weighted by Crippen LogP contribution is -2.32.